The van der Waals surface area contributed by atoms with Gasteiger partial charge in [0, 0.05) is 41.6 Å². The third-order valence-corrected chi connectivity index (χ3v) is 5.06. The Morgan fingerprint density at radius 1 is 1.19 bits per heavy atom. The van der Waals surface area contributed by atoms with Crippen molar-refractivity contribution in [2.75, 3.05) is 11.9 Å². The molecule has 134 valence electrons. The van der Waals surface area contributed by atoms with E-state index in [9.17, 15) is 9.59 Å². The number of nitrogens with zero attached hydrogens (tertiary/aromatic N) is 1. The Labute approximate surface area is 153 Å². The monoisotopic (exact) mass is 349 g/mol. The summed E-state index contributed by atoms with van der Waals surface area (Å²) in [5.74, 6) is 0.0812. The SMILES string of the molecule is CCN1Cc2cc(Nc3cc(C(=O)NC4CC4)ccc3C)ccc2C1=O. The highest BCUT2D eigenvalue weighted by atomic mass is 16.2. The summed E-state index contributed by atoms with van der Waals surface area (Å²) in [6.07, 6.45) is 2.15. The van der Waals surface area contributed by atoms with Gasteiger partial charge in [0.25, 0.3) is 11.8 Å². The third-order valence-electron chi connectivity index (χ3n) is 5.06. The quantitative estimate of drug-likeness (QED) is 0.867. The predicted octanol–water partition coefficient (Wildman–Crippen LogP) is 3.61. The second-order valence-corrected chi connectivity index (χ2v) is 7.09. The molecule has 1 aliphatic carbocycles. The Morgan fingerprint density at radius 3 is 2.73 bits per heavy atom. The number of fused-ring (bicyclic) bond motifs is 1. The molecule has 2 N–H and O–H groups in total. The highest BCUT2D eigenvalue weighted by molar-refractivity contribution is 5.99. The molecule has 4 rings (SSSR count). The minimum Gasteiger partial charge on any atom is -0.355 e. The van der Waals surface area contributed by atoms with Gasteiger partial charge in [-0.1, -0.05) is 6.07 Å². The van der Waals surface area contributed by atoms with Gasteiger partial charge in [0.05, 0.1) is 0 Å². The molecular formula is C21H23N3O2. The van der Waals surface area contributed by atoms with Crippen LogP contribution in [0.1, 0.15) is 51.6 Å². The zero-order valence-corrected chi connectivity index (χ0v) is 15.1. The van der Waals surface area contributed by atoms with Crippen molar-refractivity contribution in [2.45, 2.75) is 39.3 Å². The number of aryl methyl sites for hydroxylation is 1. The number of hydrogen-bond donors (Lipinski definition) is 2. The standard InChI is InChI=1S/C21H23N3O2/c1-3-24-12-15-10-17(8-9-18(15)21(24)26)22-19-11-14(5-4-13(19)2)20(25)23-16-6-7-16/h4-5,8-11,16,22H,3,6-7,12H2,1-2H3,(H,23,25). The molecule has 26 heavy (non-hydrogen) atoms. The lowest BCUT2D eigenvalue weighted by molar-refractivity contribution is 0.0787. The first kappa shape index (κ1) is 16.6. The van der Waals surface area contributed by atoms with Crippen molar-refractivity contribution in [1.29, 1.82) is 0 Å². The molecule has 2 aromatic rings. The first-order valence-electron chi connectivity index (χ1n) is 9.16. The number of nitrogens with one attached hydrogen (secondary N) is 2. The highest BCUT2D eigenvalue weighted by Gasteiger charge is 2.26. The lowest BCUT2D eigenvalue weighted by Gasteiger charge is -2.13. The van der Waals surface area contributed by atoms with Gasteiger partial charge in [-0.25, -0.2) is 0 Å². The van der Waals surface area contributed by atoms with Crippen LogP contribution in [-0.2, 0) is 6.54 Å². The smallest absolute Gasteiger partial charge is 0.254 e. The fourth-order valence-electron chi connectivity index (χ4n) is 3.26. The minimum atomic E-state index is -0.0197. The first-order valence-corrected chi connectivity index (χ1v) is 9.16. The minimum absolute atomic E-state index is 0.0197. The van der Waals surface area contributed by atoms with Crippen LogP contribution < -0.4 is 10.6 Å². The Balaban J connectivity index is 1.56. The normalized spacial score (nSPS) is 15.8. The summed E-state index contributed by atoms with van der Waals surface area (Å²) in [6.45, 7) is 5.38. The van der Waals surface area contributed by atoms with E-state index in [4.69, 9.17) is 0 Å². The van der Waals surface area contributed by atoms with E-state index in [2.05, 4.69) is 10.6 Å². The van der Waals surface area contributed by atoms with E-state index in [1.54, 1.807) is 0 Å². The van der Waals surface area contributed by atoms with E-state index in [0.717, 1.165) is 40.9 Å². The Morgan fingerprint density at radius 2 is 2.00 bits per heavy atom. The maximum atomic E-state index is 12.3. The topological polar surface area (TPSA) is 61.4 Å². The number of benzene rings is 2. The van der Waals surface area contributed by atoms with Gasteiger partial charge in [-0.2, -0.15) is 0 Å². The van der Waals surface area contributed by atoms with Gasteiger partial charge >= 0.3 is 0 Å². The maximum absolute atomic E-state index is 12.3. The third kappa shape index (κ3) is 3.17. The van der Waals surface area contributed by atoms with Crippen molar-refractivity contribution < 1.29 is 9.59 Å². The molecule has 2 aliphatic rings. The van der Waals surface area contributed by atoms with Crippen LogP contribution in [0.15, 0.2) is 36.4 Å². The number of carbonyl (C=O) groups excluding carboxylic acids is 2. The van der Waals surface area contributed by atoms with Gasteiger partial charge in [-0.3, -0.25) is 9.59 Å². The van der Waals surface area contributed by atoms with Gasteiger partial charge < -0.3 is 15.5 Å². The molecule has 0 unspecified atom stereocenters. The van der Waals surface area contributed by atoms with E-state index in [-0.39, 0.29) is 11.8 Å². The van der Waals surface area contributed by atoms with Gasteiger partial charge in [-0.05, 0) is 68.1 Å². The van der Waals surface area contributed by atoms with Crippen LogP contribution in [0.25, 0.3) is 0 Å². The van der Waals surface area contributed by atoms with Crippen molar-refractivity contribution in [2.24, 2.45) is 0 Å². The molecule has 0 radical (unpaired) electrons. The van der Waals surface area contributed by atoms with E-state index in [1.165, 1.54) is 0 Å². The Hall–Kier alpha value is -2.82. The molecular weight excluding hydrogens is 326 g/mol. The summed E-state index contributed by atoms with van der Waals surface area (Å²) in [7, 11) is 0. The summed E-state index contributed by atoms with van der Waals surface area (Å²) in [5.41, 5.74) is 5.40. The average Bonchev–Trinajstić information content (AvgIpc) is 3.39. The van der Waals surface area contributed by atoms with Crippen molar-refractivity contribution in [3.05, 3.63) is 58.7 Å². The van der Waals surface area contributed by atoms with Crippen molar-refractivity contribution >= 4 is 23.2 Å². The largest absolute Gasteiger partial charge is 0.355 e. The molecule has 0 bridgehead atoms. The van der Waals surface area contributed by atoms with Gasteiger partial charge in [-0.15, -0.1) is 0 Å². The van der Waals surface area contributed by atoms with Crippen molar-refractivity contribution in [3.8, 4) is 0 Å². The molecule has 1 saturated carbocycles. The number of hydrogen-bond acceptors (Lipinski definition) is 3. The number of rotatable bonds is 5. The zero-order chi connectivity index (χ0) is 18.3. The van der Waals surface area contributed by atoms with E-state index in [0.29, 0.717) is 24.7 Å². The average molecular weight is 349 g/mol. The lowest BCUT2D eigenvalue weighted by atomic mass is 10.1. The molecule has 5 nitrogen and oxygen atoms in total. The lowest BCUT2D eigenvalue weighted by Crippen LogP contribution is -2.25. The number of carbonyl (C=O) groups is 2. The maximum Gasteiger partial charge on any atom is 0.254 e. The van der Waals surface area contributed by atoms with E-state index >= 15 is 0 Å². The Kier molecular flexibility index (Phi) is 4.15. The van der Waals surface area contributed by atoms with Crippen LogP contribution in [0.2, 0.25) is 0 Å². The summed E-state index contributed by atoms with van der Waals surface area (Å²) in [4.78, 5) is 26.3. The second kappa shape index (κ2) is 6.48. The fraction of sp³-hybridized carbons (Fsp3) is 0.333. The van der Waals surface area contributed by atoms with Crippen LogP contribution in [0, 0.1) is 6.92 Å². The molecule has 0 spiro atoms. The molecule has 1 aliphatic heterocycles. The van der Waals surface area contributed by atoms with Crippen molar-refractivity contribution in [1.82, 2.24) is 10.2 Å². The van der Waals surface area contributed by atoms with Crippen LogP contribution in [0.3, 0.4) is 0 Å². The zero-order valence-electron chi connectivity index (χ0n) is 15.1. The van der Waals surface area contributed by atoms with Crippen LogP contribution >= 0.6 is 0 Å². The van der Waals surface area contributed by atoms with E-state index in [1.807, 2.05) is 55.1 Å². The van der Waals surface area contributed by atoms with Crippen molar-refractivity contribution in [3.63, 3.8) is 0 Å². The van der Waals surface area contributed by atoms with Gasteiger partial charge in [0.2, 0.25) is 0 Å². The molecule has 5 heteroatoms. The fourth-order valence-corrected chi connectivity index (χ4v) is 3.26. The van der Waals surface area contributed by atoms with E-state index < -0.39 is 0 Å². The first-order chi connectivity index (χ1) is 12.5. The predicted molar refractivity (Wildman–Crippen MR) is 102 cm³/mol. The molecule has 0 aromatic heterocycles. The molecule has 1 fully saturated rings. The second-order valence-electron chi connectivity index (χ2n) is 7.09. The molecule has 0 atom stereocenters. The van der Waals surface area contributed by atoms with Crippen LogP contribution in [0.4, 0.5) is 11.4 Å². The van der Waals surface area contributed by atoms with Gasteiger partial charge in [0.1, 0.15) is 0 Å². The highest BCUT2D eigenvalue weighted by Crippen LogP contribution is 2.28. The summed E-state index contributed by atoms with van der Waals surface area (Å²) < 4.78 is 0. The summed E-state index contributed by atoms with van der Waals surface area (Å²) in [5, 5.41) is 6.43. The molecule has 2 aromatic carbocycles. The van der Waals surface area contributed by atoms with Gasteiger partial charge in [0.15, 0.2) is 0 Å². The van der Waals surface area contributed by atoms with Crippen LogP contribution in [-0.4, -0.2) is 29.3 Å². The number of anilines is 2. The molecule has 0 saturated heterocycles. The van der Waals surface area contributed by atoms with Crippen LogP contribution in [0.5, 0.6) is 0 Å². The molecule has 1 heterocycles. The summed E-state index contributed by atoms with van der Waals surface area (Å²) >= 11 is 0. The molecule has 2 amide bonds. The Bertz CT molecular complexity index is 887. The summed E-state index contributed by atoms with van der Waals surface area (Å²) in [6, 6.07) is 11.9. The number of amides is 2.